The van der Waals surface area contributed by atoms with Crippen LogP contribution in [0.15, 0.2) is 48.5 Å². The van der Waals surface area contributed by atoms with E-state index in [1.807, 2.05) is 43.3 Å². The van der Waals surface area contributed by atoms with Gasteiger partial charge >= 0.3 is 0 Å². The third-order valence-corrected chi connectivity index (χ3v) is 4.75. The van der Waals surface area contributed by atoms with E-state index in [0.717, 1.165) is 16.8 Å². The number of anilines is 1. The standard InChI is InChI=1S/C21H21N3O2/c1-14(16-8-6-15(13-22)7-9-16)23-20(25)11-10-18-12-17-4-2-3-5-19(17)24-21(18)26/h2-9,14,18H,10-12H2,1H3,(H,23,25)(H,24,26). The summed E-state index contributed by atoms with van der Waals surface area (Å²) in [5.41, 5.74) is 3.52. The number of amides is 2. The molecule has 0 saturated heterocycles. The van der Waals surface area contributed by atoms with Gasteiger partial charge < -0.3 is 10.6 Å². The molecule has 2 amide bonds. The van der Waals surface area contributed by atoms with Crippen molar-refractivity contribution in [2.75, 3.05) is 5.32 Å². The topological polar surface area (TPSA) is 82.0 Å². The molecule has 5 heteroatoms. The number of fused-ring (bicyclic) bond motifs is 1. The summed E-state index contributed by atoms with van der Waals surface area (Å²) in [5.74, 6) is -0.272. The second-order valence-electron chi connectivity index (χ2n) is 6.61. The Morgan fingerprint density at radius 3 is 2.73 bits per heavy atom. The lowest BCUT2D eigenvalue weighted by atomic mass is 9.89. The number of nitriles is 1. The summed E-state index contributed by atoms with van der Waals surface area (Å²) in [4.78, 5) is 24.5. The highest BCUT2D eigenvalue weighted by Gasteiger charge is 2.26. The van der Waals surface area contributed by atoms with Crippen LogP contribution in [0, 0.1) is 17.2 Å². The minimum absolute atomic E-state index is 0.0170. The van der Waals surface area contributed by atoms with Crippen molar-refractivity contribution in [3.05, 3.63) is 65.2 Å². The Morgan fingerprint density at radius 1 is 1.27 bits per heavy atom. The second-order valence-corrected chi connectivity index (χ2v) is 6.61. The summed E-state index contributed by atoms with van der Waals surface area (Å²) in [7, 11) is 0. The summed E-state index contributed by atoms with van der Waals surface area (Å²) in [5, 5.41) is 14.7. The molecule has 2 atom stereocenters. The van der Waals surface area contributed by atoms with Gasteiger partial charge in [0.1, 0.15) is 0 Å². The molecule has 3 rings (SSSR count). The second kappa shape index (κ2) is 7.83. The largest absolute Gasteiger partial charge is 0.350 e. The smallest absolute Gasteiger partial charge is 0.227 e. The van der Waals surface area contributed by atoms with Crippen molar-refractivity contribution in [1.29, 1.82) is 5.26 Å². The van der Waals surface area contributed by atoms with E-state index in [-0.39, 0.29) is 23.8 Å². The van der Waals surface area contributed by atoms with Gasteiger partial charge in [0, 0.05) is 18.0 Å². The molecule has 2 aromatic carbocycles. The molecule has 5 nitrogen and oxygen atoms in total. The zero-order valence-electron chi connectivity index (χ0n) is 14.7. The first-order chi connectivity index (χ1) is 12.6. The fourth-order valence-corrected chi connectivity index (χ4v) is 3.19. The van der Waals surface area contributed by atoms with Gasteiger partial charge in [0.15, 0.2) is 0 Å². The van der Waals surface area contributed by atoms with Crippen molar-refractivity contribution in [2.45, 2.75) is 32.2 Å². The number of hydrogen-bond acceptors (Lipinski definition) is 3. The molecule has 0 radical (unpaired) electrons. The van der Waals surface area contributed by atoms with E-state index in [2.05, 4.69) is 16.7 Å². The van der Waals surface area contributed by atoms with Gasteiger partial charge in [-0.25, -0.2) is 0 Å². The van der Waals surface area contributed by atoms with Crippen molar-refractivity contribution in [2.24, 2.45) is 5.92 Å². The molecule has 0 bridgehead atoms. The van der Waals surface area contributed by atoms with Crippen LogP contribution >= 0.6 is 0 Å². The quantitative estimate of drug-likeness (QED) is 0.870. The van der Waals surface area contributed by atoms with Crippen molar-refractivity contribution in [3.63, 3.8) is 0 Å². The number of carbonyl (C=O) groups excluding carboxylic acids is 2. The van der Waals surface area contributed by atoms with Crippen LogP contribution in [0.5, 0.6) is 0 Å². The highest BCUT2D eigenvalue weighted by Crippen LogP contribution is 2.27. The fourth-order valence-electron chi connectivity index (χ4n) is 3.19. The number of carbonyl (C=O) groups is 2. The van der Waals surface area contributed by atoms with E-state index in [1.54, 1.807) is 12.1 Å². The number of nitrogens with zero attached hydrogens (tertiary/aromatic N) is 1. The lowest BCUT2D eigenvalue weighted by Crippen LogP contribution is -2.32. The maximum atomic E-state index is 12.2. The SMILES string of the molecule is CC(NC(=O)CCC1Cc2ccccc2NC1=O)c1ccc(C#N)cc1. The lowest BCUT2D eigenvalue weighted by Gasteiger charge is -2.24. The molecule has 0 aromatic heterocycles. The van der Waals surface area contributed by atoms with Gasteiger partial charge in [-0.15, -0.1) is 0 Å². The predicted molar refractivity (Wildman–Crippen MR) is 99.2 cm³/mol. The van der Waals surface area contributed by atoms with Crippen molar-refractivity contribution in [3.8, 4) is 6.07 Å². The Labute approximate surface area is 153 Å². The molecular formula is C21H21N3O2. The van der Waals surface area contributed by atoms with Gasteiger partial charge in [0.2, 0.25) is 11.8 Å². The van der Waals surface area contributed by atoms with Crippen LogP contribution in [0.25, 0.3) is 0 Å². The number of para-hydroxylation sites is 1. The number of rotatable bonds is 5. The third kappa shape index (κ3) is 4.09. The van der Waals surface area contributed by atoms with Crippen LogP contribution in [0.1, 0.15) is 42.5 Å². The van der Waals surface area contributed by atoms with E-state index in [9.17, 15) is 9.59 Å². The Bertz CT molecular complexity index is 852. The summed E-state index contributed by atoms with van der Waals surface area (Å²) in [6, 6.07) is 16.9. The van der Waals surface area contributed by atoms with Crippen LogP contribution in [0.2, 0.25) is 0 Å². The Hall–Kier alpha value is -3.13. The van der Waals surface area contributed by atoms with Gasteiger partial charge in [0.25, 0.3) is 0 Å². The zero-order valence-corrected chi connectivity index (χ0v) is 14.7. The van der Waals surface area contributed by atoms with Gasteiger partial charge in [-0.1, -0.05) is 30.3 Å². The van der Waals surface area contributed by atoms with Crippen LogP contribution in [-0.2, 0) is 16.0 Å². The molecule has 0 fully saturated rings. The summed E-state index contributed by atoms with van der Waals surface area (Å²) in [6.07, 6.45) is 1.49. The van der Waals surface area contributed by atoms with E-state index >= 15 is 0 Å². The molecule has 2 aromatic rings. The van der Waals surface area contributed by atoms with Gasteiger partial charge in [-0.05, 0) is 49.1 Å². The zero-order chi connectivity index (χ0) is 18.5. The fraction of sp³-hybridized carbons (Fsp3) is 0.286. The molecule has 1 aliphatic rings. The molecular weight excluding hydrogens is 326 g/mol. The Balaban J connectivity index is 1.52. The summed E-state index contributed by atoms with van der Waals surface area (Å²) < 4.78 is 0. The maximum absolute atomic E-state index is 12.2. The average molecular weight is 347 g/mol. The van der Waals surface area contributed by atoms with Crippen LogP contribution in [0.3, 0.4) is 0 Å². The monoisotopic (exact) mass is 347 g/mol. The molecule has 132 valence electrons. The van der Waals surface area contributed by atoms with Gasteiger partial charge in [-0.2, -0.15) is 5.26 Å². The van der Waals surface area contributed by atoms with E-state index < -0.39 is 0 Å². The Kier molecular flexibility index (Phi) is 5.33. The number of nitrogens with one attached hydrogen (secondary N) is 2. The molecule has 26 heavy (non-hydrogen) atoms. The maximum Gasteiger partial charge on any atom is 0.227 e. The molecule has 2 unspecified atom stereocenters. The molecule has 0 saturated carbocycles. The molecule has 0 aliphatic carbocycles. The van der Waals surface area contributed by atoms with Crippen molar-refractivity contribution >= 4 is 17.5 Å². The molecule has 1 aliphatic heterocycles. The van der Waals surface area contributed by atoms with E-state index in [0.29, 0.717) is 24.8 Å². The third-order valence-electron chi connectivity index (χ3n) is 4.75. The van der Waals surface area contributed by atoms with Gasteiger partial charge in [0.05, 0.1) is 17.7 Å². The average Bonchev–Trinajstić information content (AvgIpc) is 2.66. The highest BCUT2D eigenvalue weighted by atomic mass is 16.2. The number of benzene rings is 2. The summed E-state index contributed by atoms with van der Waals surface area (Å²) >= 11 is 0. The first kappa shape index (κ1) is 17.7. The predicted octanol–water partition coefficient (Wildman–Crippen LogP) is 3.33. The minimum atomic E-state index is -0.180. The minimum Gasteiger partial charge on any atom is -0.350 e. The molecule has 2 N–H and O–H groups in total. The van der Waals surface area contributed by atoms with Crippen LogP contribution in [0.4, 0.5) is 5.69 Å². The van der Waals surface area contributed by atoms with Gasteiger partial charge in [-0.3, -0.25) is 9.59 Å². The first-order valence-corrected chi connectivity index (χ1v) is 8.75. The van der Waals surface area contributed by atoms with E-state index in [1.165, 1.54) is 0 Å². The molecule has 1 heterocycles. The van der Waals surface area contributed by atoms with Crippen molar-refractivity contribution < 1.29 is 9.59 Å². The summed E-state index contributed by atoms with van der Waals surface area (Å²) in [6.45, 7) is 1.91. The van der Waals surface area contributed by atoms with E-state index in [4.69, 9.17) is 5.26 Å². The van der Waals surface area contributed by atoms with Crippen LogP contribution < -0.4 is 10.6 Å². The lowest BCUT2D eigenvalue weighted by molar-refractivity contribution is -0.123. The highest BCUT2D eigenvalue weighted by molar-refractivity contribution is 5.96. The Morgan fingerprint density at radius 2 is 2.00 bits per heavy atom. The first-order valence-electron chi connectivity index (χ1n) is 8.75. The normalized spacial score (nSPS) is 16.8. The molecule has 0 spiro atoms. The van der Waals surface area contributed by atoms with Crippen LogP contribution in [-0.4, -0.2) is 11.8 Å². The number of hydrogen-bond donors (Lipinski definition) is 2. The van der Waals surface area contributed by atoms with Crippen molar-refractivity contribution in [1.82, 2.24) is 5.32 Å².